The van der Waals surface area contributed by atoms with E-state index < -0.39 is 11.8 Å². The van der Waals surface area contributed by atoms with Crippen molar-refractivity contribution in [1.29, 1.82) is 0 Å². The van der Waals surface area contributed by atoms with Gasteiger partial charge in [0.05, 0.1) is 5.60 Å². The zero-order valence-electron chi connectivity index (χ0n) is 18.4. The Balaban J connectivity index is 2.22. The molecule has 8 nitrogen and oxygen atoms in total. The first kappa shape index (κ1) is 26.8. The highest BCUT2D eigenvalue weighted by molar-refractivity contribution is 8.76. The fraction of sp³-hybridized carbons (Fsp3) is 0.750. The predicted octanol–water partition coefficient (Wildman–Crippen LogP) is 2.12. The van der Waals surface area contributed by atoms with E-state index in [0.717, 1.165) is 22.8 Å². The van der Waals surface area contributed by atoms with Crippen LogP contribution in [-0.2, 0) is 23.9 Å². The third-order valence-corrected chi connectivity index (χ3v) is 6.74. The normalized spacial score (nSPS) is 16.8. The van der Waals surface area contributed by atoms with E-state index in [9.17, 15) is 19.5 Å². The van der Waals surface area contributed by atoms with Crippen LogP contribution >= 0.6 is 21.6 Å². The van der Waals surface area contributed by atoms with Gasteiger partial charge in [0, 0.05) is 36.7 Å². The summed E-state index contributed by atoms with van der Waals surface area (Å²) in [7, 11) is 3.40. The number of rotatable bonds is 14. The number of aliphatic hydroxyl groups excluding tert-OH is 1. The van der Waals surface area contributed by atoms with Crippen molar-refractivity contribution >= 4 is 39.4 Å². The Labute approximate surface area is 186 Å². The molecule has 2 N–H and O–H groups in total. The van der Waals surface area contributed by atoms with E-state index in [4.69, 9.17) is 9.47 Å². The quantitative estimate of drug-likeness (QED) is 0.230. The minimum Gasteiger partial charge on any atom is -0.465 e. The molecular weight excluding hydrogens is 428 g/mol. The van der Waals surface area contributed by atoms with Crippen LogP contribution in [0.2, 0.25) is 0 Å². The number of carbonyl (C=O) groups is 3. The number of amides is 2. The van der Waals surface area contributed by atoms with Gasteiger partial charge in [-0.15, -0.1) is 0 Å². The Hall–Kier alpha value is -1.23. The lowest BCUT2D eigenvalue weighted by atomic mass is 10.0. The number of carbonyl (C=O) groups excluding carboxylic acids is 3. The van der Waals surface area contributed by atoms with Crippen LogP contribution in [0.15, 0.2) is 12.2 Å². The van der Waals surface area contributed by atoms with E-state index in [1.54, 1.807) is 21.6 Å². The molecule has 2 amide bonds. The smallest absolute Gasteiger partial charge is 0.302 e. The van der Waals surface area contributed by atoms with Crippen LogP contribution in [-0.4, -0.2) is 76.4 Å². The standard InChI is InChI=1S/C20H34N2O6S2/c1-15(23)27-11-13-30-29-12-9-20(4,5)28-10-8-19(2,3)21-16(24)14-22-17(25)6-7-18(22)26/h6-7,17,25H,8-14H2,1-5H3,(H,21,24). The summed E-state index contributed by atoms with van der Waals surface area (Å²) in [6.45, 7) is 10.0. The molecule has 172 valence electrons. The number of nitrogens with one attached hydrogen (secondary N) is 1. The van der Waals surface area contributed by atoms with E-state index in [1.165, 1.54) is 19.1 Å². The van der Waals surface area contributed by atoms with Crippen LogP contribution in [0, 0.1) is 0 Å². The fourth-order valence-electron chi connectivity index (χ4n) is 2.58. The average molecular weight is 463 g/mol. The van der Waals surface area contributed by atoms with Crippen molar-refractivity contribution in [2.45, 2.75) is 64.8 Å². The van der Waals surface area contributed by atoms with Gasteiger partial charge in [0.1, 0.15) is 19.4 Å². The van der Waals surface area contributed by atoms with Gasteiger partial charge in [-0.25, -0.2) is 0 Å². The largest absolute Gasteiger partial charge is 0.465 e. The summed E-state index contributed by atoms with van der Waals surface area (Å²) < 4.78 is 10.9. The summed E-state index contributed by atoms with van der Waals surface area (Å²) in [5, 5.41) is 12.6. The second-order valence-corrected chi connectivity index (χ2v) is 11.0. The van der Waals surface area contributed by atoms with Crippen molar-refractivity contribution in [2.24, 2.45) is 0 Å². The van der Waals surface area contributed by atoms with Gasteiger partial charge in [0.15, 0.2) is 0 Å². The van der Waals surface area contributed by atoms with Gasteiger partial charge in [-0.1, -0.05) is 21.6 Å². The lowest BCUT2D eigenvalue weighted by molar-refractivity contribution is -0.140. The summed E-state index contributed by atoms with van der Waals surface area (Å²) >= 11 is 0. The Kier molecular flexibility index (Phi) is 11.2. The summed E-state index contributed by atoms with van der Waals surface area (Å²) in [5.74, 6) is 0.724. The SMILES string of the molecule is CC(=O)OCCSSCCC(C)(C)OCCC(C)(C)NC(=O)CN1C(=O)C=CC1O. The maximum Gasteiger partial charge on any atom is 0.302 e. The van der Waals surface area contributed by atoms with Crippen LogP contribution < -0.4 is 5.32 Å². The molecule has 1 aliphatic heterocycles. The van der Waals surface area contributed by atoms with E-state index in [2.05, 4.69) is 5.32 Å². The molecule has 0 saturated carbocycles. The van der Waals surface area contributed by atoms with Crippen molar-refractivity contribution in [3.05, 3.63) is 12.2 Å². The Morgan fingerprint density at radius 3 is 2.43 bits per heavy atom. The molecule has 0 radical (unpaired) electrons. The molecule has 0 aromatic heterocycles. The second-order valence-electron chi connectivity index (χ2n) is 8.26. The van der Waals surface area contributed by atoms with Crippen LogP contribution in [0.3, 0.4) is 0 Å². The van der Waals surface area contributed by atoms with Gasteiger partial charge in [-0.3, -0.25) is 14.4 Å². The van der Waals surface area contributed by atoms with E-state index in [-0.39, 0.29) is 29.9 Å². The average Bonchev–Trinajstić information content (AvgIpc) is 2.91. The Bertz CT molecular complexity index is 624. The molecule has 0 fully saturated rings. The molecule has 30 heavy (non-hydrogen) atoms. The topological polar surface area (TPSA) is 105 Å². The maximum atomic E-state index is 12.2. The summed E-state index contributed by atoms with van der Waals surface area (Å²) in [6, 6.07) is 0. The predicted molar refractivity (Wildman–Crippen MR) is 120 cm³/mol. The summed E-state index contributed by atoms with van der Waals surface area (Å²) in [4.78, 5) is 35.6. The van der Waals surface area contributed by atoms with Crippen molar-refractivity contribution in [3.63, 3.8) is 0 Å². The summed E-state index contributed by atoms with van der Waals surface area (Å²) in [6.07, 6.45) is 3.05. The molecule has 1 rings (SSSR count). The minimum absolute atomic E-state index is 0.185. The molecule has 0 bridgehead atoms. The van der Waals surface area contributed by atoms with Crippen LogP contribution in [0.25, 0.3) is 0 Å². The third-order valence-electron chi connectivity index (χ3n) is 4.37. The molecule has 1 unspecified atom stereocenters. The molecule has 0 saturated heterocycles. The molecule has 0 aromatic carbocycles. The van der Waals surface area contributed by atoms with Gasteiger partial charge in [0.2, 0.25) is 11.8 Å². The Morgan fingerprint density at radius 2 is 1.83 bits per heavy atom. The maximum absolute atomic E-state index is 12.2. The number of aliphatic hydroxyl groups is 1. The zero-order chi connectivity index (χ0) is 22.8. The van der Waals surface area contributed by atoms with Crippen LogP contribution in [0.5, 0.6) is 0 Å². The summed E-state index contributed by atoms with van der Waals surface area (Å²) in [5.41, 5.74) is -0.795. The molecule has 1 heterocycles. The third kappa shape index (κ3) is 11.2. The number of hydrogen-bond donors (Lipinski definition) is 2. The first-order chi connectivity index (χ1) is 13.9. The van der Waals surface area contributed by atoms with Gasteiger partial charge >= 0.3 is 5.97 Å². The van der Waals surface area contributed by atoms with Gasteiger partial charge in [-0.2, -0.15) is 0 Å². The molecule has 0 aromatic rings. The number of nitrogens with zero attached hydrogens (tertiary/aromatic N) is 1. The zero-order valence-corrected chi connectivity index (χ0v) is 20.1. The van der Waals surface area contributed by atoms with Crippen molar-refractivity contribution in [2.75, 3.05) is 31.3 Å². The van der Waals surface area contributed by atoms with E-state index in [0.29, 0.717) is 19.6 Å². The highest BCUT2D eigenvalue weighted by Crippen LogP contribution is 2.26. The van der Waals surface area contributed by atoms with E-state index in [1.807, 2.05) is 27.7 Å². The lowest BCUT2D eigenvalue weighted by Crippen LogP contribution is -2.50. The van der Waals surface area contributed by atoms with Crippen LogP contribution in [0.1, 0.15) is 47.5 Å². The van der Waals surface area contributed by atoms with Crippen LogP contribution in [0.4, 0.5) is 0 Å². The lowest BCUT2D eigenvalue weighted by Gasteiger charge is -2.31. The monoisotopic (exact) mass is 462 g/mol. The van der Waals surface area contributed by atoms with Crippen molar-refractivity contribution in [1.82, 2.24) is 10.2 Å². The first-order valence-corrected chi connectivity index (χ1v) is 12.4. The van der Waals surface area contributed by atoms with Gasteiger partial charge in [0.25, 0.3) is 0 Å². The number of hydrogen-bond acceptors (Lipinski definition) is 8. The molecule has 0 spiro atoms. The molecule has 0 aliphatic carbocycles. The Morgan fingerprint density at radius 1 is 1.17 bits per heavy atom. The highest BCUT2D eigenvalue weighted by Gasteiger charge is 2.28. The molecular formula is C20H34N2O6S2. The first-order valence-electron chi connectivity index (χ1n) is 9.91. The van der Waals surface area contributed by atoms with Crippen molar-refractivity contribution in [3.8, 4) is 0 Å². The second kappa shape index (κ2) is 12.6. The number of ether oxygens (including phenoxy) is 2. The number of esters is 1. The minimum atomic E-state index is -1.05. The van der Waals surface area contributed by atoms with Gasteiger partial charge in [-0.05, 0) is 46.6 Å². The fourth-order valence-corrected chi connectivity index (χ4v) is 4.71. The molecule has 1 atom stereocenters. The van der Waals surface area contributed by atoms with E-state index >= 15 is 0 Å². The molecule has 10 heteroatoms. The molecule has 1 aliphatic rings. The van der Waals surface area contributed by atoms with Gasteiger partial charge < -0.3 is 24.8 Å². The highest BCUT2D eigenvalue weighted by atomic mass is 33.1. The van der Waals surface area contributed by atoms with Crippen molar-refractivity contribution < 1.29 is 29.0 Å².